The van der Waals surface area contributed by atoms with Crippen LogP contribution >= 0.6 is 11.6 Å². The Balaban J connectivity index is 1.48. The highest BCUT2D eigenvalue weighted by Crippen LogP contribution is 2.26. The number of hydrogen-bond donors (Lipinski definition) is 1. The lowest BCUT2D eigenvalue weighted by Crippen LogP contribution is -2.43. The first-order valence-corrected chi connectivity index (χ1v) is 11.7. The molecule has 0 atom stereocenters. The highest BCUT2D eigenvalue weighted by atomic mass is 35.5. The van der Waals surface area contributed by atoms with Gasteiger partial charge in [0.15, 0.2) is 0 Å². The van der Waals surface area contributed by atoms with E-state index in [9.17, 15) is 22.0 Å². The molecule has 0 spiro atoms. The summed E-state index contributed by atoms with van der Waals surface area (Å²) in [6.45, 7) is 0.823. The van der Waals surface area contributed by atoms with Gasteiger partial charge in [-0.3, -0.25) is 4.79 Å². The number of amides is 1. The van der Waals surface area contributed by atoms with E-state index in [1.165, 1.54) is 34.6 Å². The van der Waals surface area contributed by atoms with Crippen molar-refractivity contribution in [3.8, 4) is 0 Å². The predicted molar refractivity (Wildman–Crippen MR) is 111 cm³/mol. The minimum absolute atomic E-state index is 0.0418. The van der Waals surface area contributed by atoms with Gasteiger partial charge in [-0.25, -0.2) is 21.5 Å². The number of nitrogens with one attached hydrogen (secondary N) is 1. The SMILES string of the molecule is O=C(NCCc1ccc(F)cc1)C1CCN(S(=O)(=O)Cc2c(F)cccc2Cl)CC1. The number of carbonyl (C=O) groups is 1. The molecule has 1 amide bonds. The van der Waals surface area contributed by atoms with Crippen LogP contribution in [0.1, 0.15) is 24.0 Å². The molecule has 162 valence electrons. The molecule has 1 N–H and O–H groups in total. The second-order valence-electron chi connectivity index (χ2n) is 7.30. The summed E-state index contributed by atoms with van der Waals surface area (Å²) in [5.74, 6) is -1.86. The van der Waals surface area contributed by atoms with E-state index in [4.69, 9.17) is 11.6 Å². The summed E-state index contributed by atoms with van der Waals surface area (Å²) in [6, 6.07) is 10.2. The van der Waals surface area contributed by atoms with Gasteiger partial charge in [0.1, 0.15) is 11.6 Å². The first kappa shape index (κ1) is 22.7. The van der Waals surface area contributed by atoms with Gasteiger partial charge in [0.2, 0.25) is 15.9 Å². The summed E-state index contributed by atoms with van der Waals surface area (Å²) < 4.78 is 53.5. The zero-order valence-electron chi connectivity index (χ0n) is 16.3. The summed E-state index contributed by atoms with van der Waals surface area (Å²) in [5, 5.41) is 2.93. The Morgan fingerprint density at radius 1 is 1.10 bits per heavy atom. The lowest BCUT2D eigenvalue weighted by Gasteiger charge is -2.30. The molecular formula is C21H23ClF2N2O3S. The zero-order chi connectivity index (χ0) is 21.7. The Morgan fingerprint density at radius 3 is 2.40 bits per heavy atom. The van der Waals surface area contributed by atoms with Crippen LogP contribution in [0.3, 0.4) is 0 Å². The van der Waals surface area contributed by atoms with E-state index in [0.717, 1.165) is 5.56 Å². The van der Waals surface area contributed by atoms with Crippen molar-refractivity contribution in [3.05, 3.63) is 70.2 Å². The quantitative estimate of drug-likeness (QED) is 0.693. The number of piperidine rings is 1. The molecule has 0 aliphatic carbocycles. The Bertz CT molecular complexity index is 972. The van der Waals surface area contributed by atoms with Gasteiger partial charge in [-0.15, -0.1) is 0 Å². The minimum Gasteiger partial charge on any atom is -0.356 e. The average molecular weight is 457 g/mol. The first-order chi connectivity index (χ1) is 14.3. The van der Waals surface area contributed by atoms with Crippen molar-refractivity contribution in [2.45, 2.75) is 25.0 Å². The predicted octanol–water partition coefficient (Wildman–Crippen LogP) is 3.52. The van der Waals surface area contributed by atoms with Crippen molar-refractivity contribution in [1.82, 2.24) is 9.62 Å². The Labute approximate surface area is 180 Å². The summed E-state index contributed by atoms with van der Waals surface area (Å²) in [4.78, 5) is 12.4. The van der Waals surface area contributed by atoms with E-state index in [0.29, 0.717) is 25.8 Å². The standard InChI is InChI=1S/C21H23ClF2N2O3S/c22-19-2-1-3-20(24)18(19)14-30(28,29)26-12-9-16(10-13-26)21(27)25-11-8-15-4-6-17(23)7-5-15/h1-7,16H,8-14H2,(H,25,27). The van der Waals surface area contributed by atoms with E-state index < -0.39 is 21.6 Å². The molecule has 2 aromatic carbocycles. The van der Waals surface area contributed by atoms with Gasteiger partial charge in [0.25, 0.3) is 0 Å². The molecule has 0 aromatic heterocycles. The van der Waals surface area contributed by atoms with Crippen LogP contribution in [0.15, 0.2) is 42.5 Å². The number of hydrogen-bond acceptors (Lipinski definition) is 3. The molecule has 0 radical (unpaired) electrons. The molecule has 1 aliphatic rings. The van der Waals surface area contributed by atoms with Crippen molar-refractivity contribution < 1.29 is 22.0 Å². The maximum atomic E-state index is 13.9. The molecule has 2 aromatic rings. The van der Waals surface area contributed by atoms with Crippen molar-refractivity contribution >= 4 is 27.5 Å². The highest BCUT2D eigenvalue weighted by molar-refractivity contribution is 7.88. The number of halogens is 3. The Hall–Kier alpha value is -2.03. The molecule has 1 saturated heterocycles. The second kappa shape index (κ2) is 9.85. The lowest BCUT2D eigenvalue weighted by molar-refractivity contribution is -0.126. The van der Waals surface area contributed by atoms with E-state index in [1.54, 1.807) is 12.1 Å². The maximum Gasteiger partial charge on any atom is 0.223 e. The van der Waals surface area contributed by atoms with Crippen LogP contribution in [-0.2, 0) is 27.0 Å². The molecule has 30 heavy (non-hydrogen) atoms. The smallest absolute Gasteiger partial charge is 0.223 e. The maximum absolute atomic E-state index is 13.9. The number of benzene rings is 2. The lowest BCUT2D eigenvalue weighted by atomic mass is 9.97. The third-order valence-corrected chi connectivity index (χ3v) is 7.39. The fraction of sp³-hybridized carbons (Fsp3) is 0.381. The highest BCUT2D eigenvalue weighted by Gasteiger charge is 2.32. The summed E-state index contributed by atoms with van der Waals surface area (Å²) >= 11 is 5.95. The normalized spacial score (nSPS) is 15.8. The topological polar surface area (TPSA) is 66.5 Å². The van der Waals surface area contributed by atoms with Crippen LogP contribution in [0.2, 0.25) is 5.02 Å². The number of sulfonamides is 1. The van der Waals surface area contributed by atoms with Crippen LogP contribution in [0, 0.1) is 17.6 Å². The zero-order valence-corrected chi connectivity index (χ0v) is 17.9. The average Bonchev–Trinajstić information content (AvgIpc) is 2.72. The van der Waals surface area contributed by atoms with Crippen LogP contribution in [0.25, 0.3) is 0 Å². The van der Waals surface area contributed by atoms with Gasteiger partial charge in [-0.05, 0) is 49.1 Å². The summed E-state index contributed by atoms with van der Waals surface area (Å²) in [5.41, 5.74) is 0.879. The van der Waals surface area contributed by atoms with Crippen molar-refractivity contribution in [2.75, 3.05) is 19.6 Å². The van der Waals surface area contributed by atoms with Crippen LogP contribution < -0.4 is 5.32 Å². The number of carbonyl (C=O) groups excluding carboxylic acids is 1. The molecule has 9 heteroatoms. The van der Waals surface area contributed by atoms with E-state index >= 15 is 0 Å². The molecular weight excluding hydrogens is 434 g/mol. The van der Waals surface area contributed by atoms with E-state index in [1.807, 2.05) is 0 Å². The van der Waals surface area contributed by atoms with Crippen LogP contribution in [0.4, 0.5) is 8.78 Å². The van der Waals surface area contributed by atoms with Gasteiger partial charge < -0.3 is 5.32 Å². The van der Waals surface area contributed by atoms with Crippen LogP contribution in [0.5, 0.6) is 0 Å². The second-order valence-corrected chi connectivity index (χ2v) is 9.67. The monoisotopic (exact) mass is 456 g/mol. The van der Waals surface area contributed by atoms with Gasteiger partial charge >= 0.3 is 0 Å². The first-order valence-electron chi connectivity index (χ1n) is 9.69. The Morgan fingerprint density at radius 2 is 1.77 bits per heavy atom. The van der Waals surface area contributed by atoms with Crippen LogP contribution in [-0.4, -0.2) is 38.3 Å². The van der Waals surface area contributed by atoms with Gasteiger partial charge in [0.05, 0.1) is 5.75 Å². The Kier molecular flexibility index (Phi) is 7.44. The van der Waals surface area contributed by atoms with Crippen molar-refractivity contribution in [3.63, 3.8) is 0 Å². The van der Waals surface area contributed by atoms with E-state index in [2.05, 4.69) is 5.32 Å². The fourth-order valence-electron chi connectivity index (χ4n) is 3.47. The number of nitrogens with zero attached hydrogens (tertiary/aromatic N) is 1. The molecule has 5 nitrogen and oxygen atoms in total. The largest absolute Gasteiger partial charge is 0.356 e. The molecule has 3 rings (SSSR count). The molecule has 0 unspecified atom stereocenters. The van der Waals surface area contributed by atoms with E-state index in [-0.39, 0.29) is 41.3 Å². The van der Waals surface area contributed by atoms with Crippen molar-refractivity contribution in [1.29, 1.82) is 0 Å². The minimum atomic E-state index is -3.74. The fourth-order valence-corrected chi connectivity index (χ4v) is 5.38. The number of rotatable bonds is 7. The third kappa shape index (κ3) is 5.77. The third-order valence-electron chi connectivity index (χ3n) is 5.23. The molecule has 0 bridgehead atoms. The molecule has 1 aliphatic heterocycles. The van der Waals surface area contributed by atoms with Gasteiger partial charge in [-0.1, -0.05) is 29.8 Å². The van der Waals surface area contributed by atoms with Gasteiger partial charge in [0, 0.05) is 36.1 Å². The molecule has 1 heterocycles. The van der Waals surface area contributed by atoms with Crippen molar-refractivity contribution in [2.24, 2.45) is 5.92 Å². The summed E-state index contributed by atoms with van der Waals surface area (Å²) in [7, 11) is -3.74. The van der Waals surface area contributed by atoms with Gasteiger partial charge in [-0.2, -0.15) is 0 Å². The molecule has 0 saturated carbocycles. The summed E-state index contributed by atoms with van der Waals surface area (Å²) in [6.07, 6.45) is 1.38. The molecule has 1 fully saturated rings.